The van der Waals surface area contributed by atoms with Crippen LogP contribution in [0.25, 0.3) is 0 Å². The fourth-order valence-electron chi connectivity index (χ4n) is 3.48. The molecular weight excluding hydrogens is 430 g/mol. The van der Waals surface area contributed by atoms with Gasteiger partial charge in [-0.15, -0.1) is 11.3 Å². The SMILES string of the molecule is Cc1cc2c(cc1C)N(CC(=O)Nc1cccc(Cl)c1C)C(=O)CC(c1cccs1)=N2. The average molecular weight is 452 g/mol. The van der Waals surface area contributed by atoms with Gasteiger partial charge >= 0.3 is 0 Å². The molecule has 2 amide bonds. The molecule has 0 saturated carbocycles. The lowest BCUT2D eigenvalue weighted by Gasteiger charge is -2.23. The minimum absolute atomic E-state index is 0.104. The monoisotopic (exact) mass is 451 g/mol. The highest BCUT2D eigenvalue weighted by molar-refractivity contribution is 7.12. The standard InChI is InChI=1S/C24H22ClN3O2S/c1-14-10-19-21(11-15(14)2)28(24(30)12-20(26-19)22-8-5-9-31-22)13-23(29)27-18-7-4-6-17(25)16(18)3/h4-11H,12-13H2,1-3H3,(H,27,29). The highest BCUT2D eigenvalue weighted by atomic mass is 35.5. The van der Waals surface area contributed by atoms with E-state index >= 15 is 0 Å². The van der Waals surface area contributed by atoms with Crippen molar-refractivity contribution in [3.05, 3.63) is 74.4 Å². The molecule has 1 N–H and O–H groups in total. The van der Waals surface area contributed by atoms with Crippen molar-refractivity contribution >= 4 is 57.5 Å². The van der Waals surface area contributed by atoms with E-state index < -0.39 is 0 Å². The van der Waals surface area contributed by atoms with Gasteiger partial charge in [0.25, 0.3) is 0 Å². The number of carbonyl (C=O) groups excluding carboxylic acids is 2. The Morgan fingerprint density at radius 1 is 1.16 bits per heavy atom. The Bertz CT molecular complexity index is 1200. The van der Waals surface area contributed by atoms with Crippen LogP contribution in [0.5, 0.6) is 0 Å². The Kier molecular flexibility index (Phi) is 5.94. The lowest BCUT2D eigenvalue weighted by molar-refractivity contribution is -0.120. The number of aryl methyl sites for hydroxylation is 2. The summed E-state index contributed by atoms with van der Waals surface area (Å²) in [5.74, 6) is -0.449. The summed E-state index contributed by atoms with van der Waals surface area (Å²) in [4.78, 5) is 33.4. The van der Waals surface area contributed by atoms with E-state index in [-0.39, 0.29) is 24.8 Å². The van der Waals surface area contributed by atoms with Crippen molar-refractivity contribution in [2.75, 3.05) is 16.8 Å². The van der Waals surface area contributed by atoms with Crippen molar-refractivity contribution in [2.45, 2.75) is 27.2 Å². The zero-order valence-corrected chi connectivity index (χ0v) is 19.1. The van der Waals surface area contributed by atoms with Gasteiger partial charge in [-0.3, -0.25) is 9.59 Å². The Labute approximate surface area is 190 Å². The molecule has 7 heteroatoms. The fourth-order valence-corrected chi connectivity index (χ4v) is 4.37. The summed E-state index contributed by atoms with van der Waals surface area (Å²) in [6.45, 7) is 5.75. The maximum absolute atomic E-state index is 13.2. The van der Waals surface area contributed by atoms with Crippen molar-refractivity contribution in [1.29, 1.82) is 0 Å². The number of hydrogen-bond donors (Lipinski definition) is 1. The number of thiophene rings is 1. The largest absolute Gasteiger partial charge is 0.324 e. The average Bonchev–Trinajstić information content (AvgIpc) is 3.23. The van der Waals surface area contributed by atoms with Gasteiger partial charge < -0.3 is 10.2 Å². The first-order valence-electron chi connectivity index (χ1n) is 9.91. The number of hydrogen-bond acceptors (Lipinski definition) is 4. The molecule has 2 aromatic carbocycles. The highest BCUT2D eigenvalue weighted by Crippen LogP contribution is 2.36. The number of nitrogens with one attached hydrogen (secondary N) is 1. The smallest absolute Gasteiger partial charge is 0.244 e. The number of anilines is 2. The minimum Gasteiger partial charge on any atom is -0.324 e. The predicted octanol–water partition coefficient (Wildman–Crippen LogP) is 5.82. The molecule has 0 radical (unpaired) electrons. The van der Waals surface area contributed by atoms with E-state index in [0.29, 0.717) is 22.1 Å². The van der Waals surface area contributed by atoms with Crippen LogP contribution in [0.1, 0.15) is 28.0 Å². The van der Waals surface area contributed by atoms with Gasteiger partial charge in [-0.05, 0) is 73.2 Å². The third-order valence-electron chi connectivity index (χ3n) is 5.41. The number of amides is 2. The van der Waals surface area contributed by atoms with Crippen LogP contribution in [0.3, 0.4) is 0 Å². The molecule has 0 saturated heterocycles. The second-order valence-electron chi connectivity index (χ2n) is 7.58. The van der Waals surface area contributed by atoms with E-state index in [1.807, 2.05) is 50.4 Å². The van der Waals surface area contributed by atoms with Gasteiger partial charge in [-0.1, -0.05) is 23.7 Å². The zero-order valence-electron chi connectivity index (χ0n) is 17.5. The molecule has 3 aromatic rings. The van der Waals surface area contributed by atoms with Gasteiger partial charge in [-0.2, -0.15) is 0 Å². The number of rotatable bonds is 4. The molecule has 1 aromatic heterocycles. The van der Waals surface area contributed by atoms with Crippen LogP contribution in [0, 0.1) is 20.8 Å². The number of fused-ring (bicyclic) bond motifs is 1. The number of nitrogens with zero attached hydrogens (tertiary/aromatic N) is 2. The van der Waals surface area contributed by atoms with Gasteiger partial charge in [0.2, 0.25) is 11.8 Å². The molecule has 0 bridgehead atoms. The Morgan fingerprint density at radius 3 is 2.68 bits per heavy atom. The molecule has 0 atom stereocenters. The molecule has 2 heterocycles. The van der Waals surface area contributed by atoms with Gasteiger partial charge in [-0.25, -0.2) is 4.99 Å². The lowest BCUT2D eigenvalue weighted by Crippen LogP contribution is -2.38. The van der Waals surface area contributed by atoms with Crippen LogP contribution >= 0.6 is 22.9 Å². The van der Waals surface area contributed by atoms with Crippen LogP contribution in [0.4, 0.5) is 17.1 Å². The van der Waals surface area contributed by atoms with Gasteiger partial charge in [0.1, 0.15) is 6.54 Å². The Balaban J connectivity index is 1.67. The topological polar surface area (TPSA) is 61.8 Å². The highest BCUT2D eigenvalue weighted by Gasteiger charge is 2.27. The first kappa shape index (κ1) is 21.3. The van der Waals surface area contributed by atoms with E-state index in [0.717, 1.165) is 27.3 Å². The molecule has 1 aliphatic rings. The molecule has 31 heavy (non-hydrogen) atoms. The van der Waals surface area contributed by atoms with Crippen LogP contribution in [-0.2, 0) is 9.59 Å². The quantitative estimate of drug-likeness (QED) is 0.543. The summed E-state index contributed by atoms with van der Waals surface area (Å²) >= 11 is 7.72. The van der Waals surface area contributed by atoms with E-state index in [1.165, 1.54) is 4.90 Å². The Hall–Kier alpha value is -2.96. The van der Waals surface area contributed by atoms with Crippen LogP contribution in [0.15, 0.2) is 52.8 Å². The normalized spacial score (nSPS) is 13.5. The van der Waals surface area contributed by atoms with Crippen molar-refractivity contribution < 1.29 is 9.59 Å². The molecule has 158 valence electrons. The number of halogens is 1. The number of aliphatic imine (C=N–C) groups is 1. The third-order valence-corrected chi connectivity index (χ3v) is 6.73. The first-order chi connectivity index (χ1) is 14.8. The third kappa shape index (κ3) is 4.40. The minimum atomic E-state index is -0.289. The van der Waals surface area contributed by atoms with Crippen LogP contribution < -0.4 is 10.2 Å². The summed E-state index contributed by atoms with van der Waals surface area (Å²) in [6, 6.07) is 13.2. The predicted molar refractivity (Wildman–Crippen MR) is 128 cm³/mol. The van der Waals surface area contributed by atoms with E-state index in [1.54, 1.807) is 29.5 Å². The summed E-state index contributed by atoms with van der Waals surface area (Å²) in [6.07, 6.45) is 0.136. The molecule has 0 aliphatic carbocycles. The summed E-state index contributed by atoms with van der Waals surface area (Å²) in [5, 5.41) is 5.43. The molecule has 4 rings (SSSR count). The van der Waals surface area contributed by atoms with Crippen molar-refractivity contribution in [1.82, 2.24) is 0 Å². The van der Waals surface area contributed by atoms with Crippen LogP contribution in [-0.4, -0.2) is 24.1 Å². The first-order valence-corrected chi connectivity index (χ1v) is 11.2. The maximum atomic E-state index is 13.2. The van der Waals surface area contributed by atoms with Gasteiger partial charge in [0, 0.05) is 15.6 Å². The summed E-state index contributed by atoms with van der Waals surface area (Å²) in [5.41, 5.74) is 5.61. The molecule has 0 unspecified atom stereocenters. The second kappa shape index (κ2) is 8.65. The molecule has 0 spiro atoms. The maximum Gasteiger partial charge on any atom is 0.244 e. The summed E-state index contributed by atoms with van der Waals surface area (Å²) in [7, 11) is 0. The second-order valence-corrected chi connectivity index (χ2v) is 8.93. The summed E-state index contributed by atoms with van der Waals surface area (Å²) < 4.78 is 0. The van der Waals surface area contributed by atoms with Crippen molar-refractivity contribution in [2.24, 2.45) is 4.99 Å². The fraction of sp³-hybridized carbons (Fsp3) is 0.208. The van der Waals surface area contributed by atoms with Crippen molar-refractivity contribution in [3.8, 4) is 0 Å². The van der Waals surface area contributed by atoms with Gasteiger partial charge in [0.05, 0.1) is 23.5 Å². The Morgan fingerprint density at radius 2 is 1.94 bits per heavy atom. The van der Waals surface area contributed by atoms with E-state index in [9.17, 15) is 9.59 Å². The number of benzene rings is 2. The molecule has 5 nitrogen and oxygen atoms in total. The van der Waals surface area contributed by atoms with Crippen LogP contribution in [0.2, 0.25) is 5.02 Å². The lowest BCUT2D eigenvalue weighted by atomic mass is 10.1. The molecule has 0 fully saturated rings. The molecular formula is C24H22ClN3O2S. The van der Waals surface area contributed by atoms with E-state index in [2.05, 4.69) is 5.32 Å². The zero-order chi connectivity index (χ0) is 22.1. The van der Waals surface area contributed by atoms with Crippen molar-refractivity contribution in [3.63, 3.8) is 0 Å². The molecule has 1 aliphatic heterocycles. The number of carbonyl (C=O) groups is 2. The van der Waals surface area contributed by atoms with Gasteiger partial charge in [0.15, 0.2) is 0 Å². The van der Waals surface area contributed by atoms with E-state index in [4.69, 9.17) is 16.6 Å².